The number of phenols is 1. The molecule has 0 saturated carbocycles. The number of aromatic hydroxyl groups is 1. The van der Waals surface area contributed by atoms with Gasteiger partial charge in [-0.05, 0) is 66.4 Å². The Labute approximate surface area is 220 Å². The lowest BCUT2D eigenvalue weighted by molar-refractivity contribution is 0.0730. The van der Waals surface area contributed by atoms with Gasteiger partial charge in [0.1, 0.15) is 29.6 Å². The molecule has 1 unspecified atom stereocenters. The number of aromatic nitrogens is 2. The number of carbonyl (C=O) groups excluding carboxylic acids is 1. The molecule has 0 spiro atoms. The summed E-state index contributed by atoms with van der Waals surface area (Å²) in [7, 11) is 1.55. The first kappa shape index (κ1) is 25.1. The van der Waals surface area contributed by atoms with Crippen LogP contribution in [-0.4, -0.2) is 39.8 Å². The van der Waals surface area contributed by atoms with E-state index in [1.807, 2.05) is 38.1 Å². The fourth-order valence-corrected chi connectivity index (χ4v) is 4.96. The fraction of sp³-hybridized carbons (Fsp3) is 0.200. The predicted octanol–water partition coefficient (Wildman–Crippen LogP) is 5.86. The van der Waals surface area contributed by atoms with Gasteiger partial charge in [-0.3, -0.25) is 9.89 Å². The molecule has 4 aromatic rings. The van der Waals surface area contributed by atoms with Gasteiger partial charge >= 0.3 is 0 Å². The third-order valence-electron chi connectivity index (χ3n) is 6.69. The summed E-state index contributed by atoms with van der Waals surface area (Å²) in [5, 5.41) is 18.3. The Kier molecular flexibility index (Phi) is 6.63. The van der Waals surface area contributed by atoms with E-state index in [9.17, 15) is 14.3 Å². The molecule has 38 heavy (non-hydrogen) atoms. The number of aromatic amines is 1. The Balaban J connectivity index is 1.67. The number of fused-ring (bicyclic) bond motifs is 1. The number of hydrogen-bond donors (Lipinski definition) is 2. The number of hydrogen-bond acceptors (Lipinski definition) is 5. The van der Waals surface area contributed by atoms with E-state index >= 15 is 0 Å². The van der Waals surface area contributed by atoms with Crippen molar-refractivity contribution in [3.05, 3.63) is 107 Å². The van der Waals surface area contributed by atoms with E-state index in [-0.39, 0.29) is 24.0 Å². The van der Waals surface area contributed by atoms with Crippen LogP contribution in [0.5, 0.6) is 17.2 Å². The van der Waals surface area contributed by atoms with E-state index in [1.54, 1.807) is 36.3 Å². The molecule has 1 amide bonds. The highest BCUT2D eigenvalue weighted by Crippen LogP contribution is 2.47. The molecule has 8 heteroatoms. The van der Waals surface area contributed by atoms with E-state index in [0.29, 0.717) is 46.2 Å². The Hall–Kier alpha value is -4.59. The molecule has 0 radical (unpaired) electrons. The Morgan fingerprint density at radius 2 is 1.89 bits per heavy atom. The fourth-order valence-electron chi connectivity index (χ4n) is 4.96. The van der Waals surface area contributed by atoms with Crippen LogP contribution in [0.2, 0.25) is 0 Å². The van der Waals surface area contributed by atoms with Gasteiger partial charge in [-0.1, -0.05) is 36.9 Å². The van der Waals surface area contributed by atoms with Gasteiger partial charge in [0.15, 0.2) is 11.5 Å². The molecule has 0 fully saturated rings. The number of rotatable bonds is 8. The van der Waals surface area contributed by atoms with Crippen LogP contribution in [0.1, 0.15) is 44.3 Å². The topological polar surface area (TPSA) is 87.7 Å². The molecule has 2 N–H and O–H groups in total. The van der Waals surface area contributed by atoms with Gasteiger partial charge in [0.05, 0.1) is 13.2 Å². The maximum absolute atomic E-state index is 13.7. The van der Waals surface area contributed by atoms with Crippen LogP contribution in [0.25, 0.3) is 11.3 Å². The molecule has 1 aliphatic rings. The van der Waals surface area contributed by atoms with Crippen LogP contribution >= 0.6 is 0 Å². The van der Waals surface area contributed by atoms with Gasteiger partial charge < -0.3 is 19.5 Å². The number of nitrogens with one attached hydrogen (secondary N) is 1. The highest BCUT2D eigenvalue weighted by Gasteiger charge is 2.43. The highest BCUT2D eigenvalue weighted by atomic mass is 19.1. The summed E-state index contributed by atoms with van der Waals surface area (Å²) in [5.74, 6) is 0.568. The van der Waals surface area contributed by atoms with Crippen molar-refractivity contribution in [2.24, 2.45) is 0 Å². The SMILES string of the molecule is C=CCOc1ccc(C2c3c(-c4cc(C)cc(C)c4O)n[nH]c3C(=O)N2Cc2ccc(F)cc2)cc1OC. The second-order valence-electron chi connectivity index (χ2n) is 9.31. The van der Waals surface area contributed by atoms with E-state index < -0.39 is 6.04 Å². The zero-order valence-electron chi connectivity index (χ0n) is 21.4. The molecular weight excluding hydrogens is 485 g/mol. The minimum absolute atomic E-state index is 0.110. The average molecular weight is 514 g/mol. The quantitative estimate of drug-likeness (QED) is 0.288. The zero-order chi connectivity index (χ0) is 27.0. The number of methoxy groups -OCH3 is 1. The third kappa shape index (κ3) is 4.38. The largest absolute Gasteiger partial charge is 0.507 e. The van der Waals surface area contributed by atoms with Gasteiger partial charge in [-0.25, -0.2) is 4.39 Å². The third-order valence-corrected chi connectivity index (χ3v) is 6.69. The molecule has 1 aliphatic heterocycles. The van der Waals surface area contributed by atoms with E-state index in [4.69, 9.17) is 9.47 Å². The lowest BCUT2D eigenvalue weighted by Crippen LogP contribution is -2.29. The molecule has 194 valence electrons. The average Bonchev–Trinajstić information content (AvgIpc) is 3.45. The number of carbonyl (C=O) groups is 1. The van der Waals surface area contributed by atoms with Crippen molar-refractivity contribution in [1.82, 2.24) is 15.1 Å². The van der Waals surface area contributed by atoms with Gasteiger partial charge in [0.2, 0.25) is 0 Å². The Morgan fingerprint density at radius 1 is 1.13 bits per heavy atom. The van der Waals surface area contributed by atoms with Crippen molar-refractivity contribution in [2.75, 3.05) is 13.7 Å². The predicted molar refractivity (Wildman–Crippen MR) is 142 cm³/mol. The second kappa shape index (κ2) is 10.0. The molecule has 5 rings (SSSR count). The number of ether oxygens (including phenoxy) is 2. The molecular formula is C30H28FN3O4. The first-order valence-corrected chi connectivity index (χ1v) is 12.2. The van der Waals surface area contributed by atoms with Crippen molar-refractivity contribution in [3.63, 3.8) is 0 Å². The second-order valence-corrected chi connectivity index (χ2v) is 9.31. The normalized spacial score (nSPS) is 14.5. The van der Waals surface area contributed by atoms with Crippen LogP contribution < -0.4 is 9.47 Å². The number of halogens is 1. The summed E-state index contributed by atoms with van der Waals surface area (Å²) in [5.41, 5.74) is 5.25. The number of aryl methyl sites for hydroxylation is 2. The van der Waals surface area contributed by atoms with Crippen LogP contribution in [0, 0.1) is 19.7 Å². The van der Waals surface area contributed by atoms with E-state index in [1.165, 1.54) is 12.1 Å². The summed E-state index contributed by atoms with van der Waals surface area (Å²) < 4.78 is 24.9. The number of benzene rings is 3. The van der Waals surface area contributed by atoms with Gasteiger partial charge in [-0.2, -0.15) is 5.10 Å². The lowest BCUT2D eigenvalue weighted by Gasteiger charge is -2.27. The molecule has 3 aromatic carbocycles. The van der Waals surface area contributed by atoms with Crippen molar-refractivity contribution < 1.29 is 23.8 Å². The standard InChI is InChI=1S/C30H28FN3O4/c1-5-12-38-23-11-8-20(15-24(23)37-4)28-25-26(22-14-17(2)13-18(3)29(22)35)32-33-27(25)30(36)34(28)16-19-6-9-21(31)10-7-19/h5-11,13-15,28,35H,1,12,16H2,2-4H3,(H,32,33). The molecule has 7 nitrogen and oxygen atoms in total. The number of phenolic OH excluding ortho intramolecular Hbond substituents is 1. The molecule has 0 bridgehead atoms. The summed E-state index contributed by atoms with van der Waals surface area (Å²) in [6, 6.07) is 14.8. The summed E-state index contributed by atoms with van der Waals surface area (Å²) in [4.78, 5) is 15.4. The van der Waals surface area contributed by atoms with Crippen molar-refractivity contribution in [3.8, 4) is 28.5 Å². The summed E-state index contributed by atoms with van der Waals surface area (Å²) in [6.07, 6.45) is 1.65. The molecule has 2 heterocycles. The molecule has 0 aliphatic carbocycles. The molecule has 1 aromatic heterocycles. The van der Waals surface area contributed by atoms with Crippen LogP contribution in [-0.2, 0) is 6.54 Å². The summed E-state index contributed by atoms with van der Waals surface area (Å²) in [6.45, 7) is 8.01. The monoisotopic (exact) mass is 513 g/mol. The van der Waals surface area contributed by atoms with Gasteiger partial charge in [-0.15, -0.1) is 0 Å². The van der Waals surface area contributed by atoms with Crippen LogP contribution in [0.4, 0.5) is 4.39 Å². The van der Waals surface area contributed by atoms with Crippen LogP contribution in [0.15, 0.2) is 67.3 Å². The van der Waals surface area contributed by atoms with Crippen molar-refractivity contribution in [2.45, 2.75) is 26.4 Å². The summed E-state index contributed by atoms with van der Waals surface area (Å²) >= 11 is 0. The zero-order valence-corrected chi connectivity index (χ0v) is 21.4. The lowest BCUT2D eigenvalue weighted by atomic mass is 9.93. The Bertz CT molecular complexity index is 1530. The number of amides is 1. The van der Waals surface area contributed by atoms with Crippen molar-refractivity contribution >= 4 is 5.91 Å². The minimum Gasteiger partial charge on any atom is -0.507 e. The number of H-pyrrole nitrogens is 1. The minimum atomic E-state index is -0.557. The van der Waals surface area contributed by atoms with Gasteiger partial charge in [0.25, 0.3) is 5.91 Å². The molecule has 0 saturated heterocycles. The maximum atomic E-state index is 13.7. The maximum Gasteiger partial charge on any atom is 0.273 e. The van der Waals surface area contributed by atoms with Crippen molar-refractivity contribution in [1.29, 1.82) is 0 Å². The number of nitrogens with zero attached hydrogens (tertiary/aromatic N) is 2. The van der Waals surface area contributed by atoms with E-state index in [2.05, 4.69) is 16.8 Å². The van der Waals surface area contributed by atoms with Crippen LogP contribution in [0.3, 0.4) is 0 Å². The molecule has 1 atom stereocenters. The van der Waals surface area contributed by atoms with Gasteiger partial charge in [0, 0.05) is 17.7 Å². The highest BCUT2D eigenvalue weighted by molar-refractivity contribution is 6.00. The Morgan fingerprint density at radius 3 is 2.61 bits per heavy atom. The smallest absolute Gasteiger partial charge is 0.273 e. The first-order valence-electron chi connectivity index (χ1n) is 12.2. The van der Waals surface area contributed by atoms with E-state index in [0.717, 1.165) is 16.7 Å². The first-order chi connectivity index (χ1) is 18.3.